The summed E-state index contributed by atoms with van der Waals surface area (Å²) in [5.74, 6) is 1.78. The van der Waals surface area contributed by atoms with Crippen molar-refractivity contribution in [1.82, 2.24) is 10.6 Å². The van der Waals surface area contributed by atoms with Crippen LogP contribution in [0.5, 0.6) is 17.2 Å². The number of nitrogens with one attached hydrogen (secondary N) is 2. The van der Waals surface area contributed by atoms with Gasteiger partial charge in [-0.2, -0.15) is 0 Å². The average molecular weight is 308 g/mol. The van der Waals surface area contributed by atoms with E-state index >= 15 is 0 Å². The van der Waals surface area contributed by atoms with Gasteiger partial charge in [0.2, 0.25) is 11.7 Å². The van der Waals surface area contributed by atoms with Crippen LogP contribution in [0.15, 0.2) is 12.1 Å². The van der Waals surface area contributed by atoms with Crippen molar-refractivity contribution in [3.8, 4) is 17.2 Å². The van der Waals surface area contributed by atoms with Gasteiger partial charge in [-0.15, -0.1) is 0 Å². The highest BCUT2D eigenvalue weighted by Gasteiger charge is 2.35. The number of carbonyl (C=O) groups excluding carboxylic acids is 1. The molecule has 1 fully saturated rings. The fourth-order valence-electron chi connectivity index (χ4n) is 2.64. The first kappa shape index (κ1) is 16.4. The quantitative estimate of drug-likeness (QED) is 0.830. The molecule has 122 valence electrons. The zero-order valence-corrected chi connectivity index (χ0v) is 13.6. The molecule has 0 spiro atoms. The molecule has 0 radical (unpaired) electrons. The maximum absolute atomic E-state index is 12.3. The molecular formula is C16H24N2O4. The molecule has 1 aliphatic rings. The Hall–Kier alpha value is -1.95. The summed E-state index contributed by atoms with van der Waals surface area (Å²) in [7, 11) is 4.71. The molecular weight excluding hydrogens is 284 g/mol. The maximum atomic E-state index is 12.3. The molecule has 6 nitrogen and oxygen atoms in total. The highest BCUT2D eigenvalue weighted by Crippen LogP contribution is 2.38. The van der Waals surface area contributed by atoms with Crippen LogP contribution in [-0.4, -0.2) is 40.3 Å². The molecule has 2 N–H and O–H groups in total. The second-order valence-corrected chi connectivity index (χ2v) is 5.70. The Morgan fingerprint density at radius 2 is 1.86 bits per heavy atom. The summed E-state index contributed by atoms with van der Waals surface area (Å²) in [5, 5.41) is 6.22. The van der Waals surface area contributed by atoms with Crippen molar-refractivity contribution in [2.75, 3.05) is 34.4 Å². The summed E-state index contributed by atoms with van der Waals surface area (Å²) >= 11 is 0. The van der Waals surface area contributed by atoms with Crippen LogP contribution in [0.2, 0.25) is 0 Å². The van der Waals surface area contributed by atoms with Crippen LogP contribution >= 0.6 is 0 Å². The number of hydrogen-bond acceptors (Lipinski definition) is 5. The van der Waals surface area contributed by atoms with Crippen molar-refractivity contribution < 1.29 is 19.0 Å². The lowest BCUT2D eigenvalue weighted by atomic mass is 9.89. The van der Waals surface area contributed by atoms with Crippen LogP contribution in [0.3, 0.4) is 0 Å². The third kappa shape index (κ3) is 3.27. The molecule has 1 aliphatic heterocycles. The highest BCUT2D eigenvalue weighted by molar-refractivity contribution is 5.82. The molecule has 1 amide bonds. The van der Waals surface area contributed by atoms with Crippen molar-refractivity contribution in [3.63, 3.8) is 0 Å². The average Bonchev–Trinajstić information content (AvgIpc) is 2.99. The summed E-state index contributed by atoms with van der Waals surface area (Å²) in [6.45, 7) is 4.00. The molecule has 0 saturated carbocycles. The van der Waals surface area contributed by atoms with E-state index in [2.05, 4.69) is 10.6 Å². The van der Waals surface area contributed by atoms with Gasteiger partial charge in [0, 0.05) is 13.1 Å². The van der Waals surface area contributed by atoms with Gasteiger partial charge >= 0.3 is 0 Å². The van der Waals surface area contributed by atoms with E-state index in [0.29, 0.717) is 30.3 Å². The lowest BCUT2D eigenvalue weighted by Crippen LogP contribution is -2.40. The Bertz CT molecular complexity index is 514. The second-order valence-electron chi connectivity index (χ2n) is 5.70. The minimum atomic E-state index is -0.333. The Labute approximate surface area is 131 Å². The fraction of sp³-hybridized carbons (Fsp3) is 0.562. The fourth-order valence-corrected chi connectivity index (χ4v) is 2.64. The second kappa shape index (κ2) is 6.87. The molecule has 1 atom stereocenters. The van der Waals surface area contributed by atoms with E-state index in [9.17, 15) is 4.79 Å². The van der Waals surface area contributed by atoms with E-state index in [1.165, 1.54) is 0 Å². The normalized spacial score (nSPS) is 20.5. The van der Waals surface area contributed by atoms with Gasteiger partial charge < -0.3 is 24.8 Å². The summed E-state index contributed by atoms with van der Waals surface area (Å²) < 4.78 is 15.9. The van der Waals surface area contributed by atoms with Crippen molar-refractivity contribution in [1.29, 1.82) is 0 Å². The predicted octanol–water partition coefficient (Wildman–Crippen LogP) is 1.33. The molecule has 2 rings (SSSR count). The monoisotopic (exact) mass is 308 g/mol. The number of carbonyl (C=O) groups is 1. The SMILES string of the molecule is COc1cc(CNC(=O)C2(C)CCNC2)cc(OC)c1OC. The van der Waals surface area contributed by atoms with Gasteiger partial charge in [-0.05, 0) is 37.6 Å². The Morgan fingerprint density at radius 3 is 2.32 bits per heavy atom. The van der Waals surface area contributed by atoms with Crippen molar-refractivity contribution in [3.05, 3.63) is 17.7 Å². The van der Waals surface area contributed by atoms with Gasteiger partial charge in [-0.3, -0.25) is 4.79 Å². The number of amides is 1. The summed E-state index contributed by atoms with van der Waals surface area (Å²) in [4.78, 5) is 12.3. The van der Waals surface area contributed by atoms with Crippen molar-refractivity contribution >= 4 is 5.91 Å². The standard InChI is InChI=1S/C16H24N2O4/c1-16(5-6-17-10-16)15(19)18-9-11-7-12(20-2)14(22-4)13(8-11)21-3/h7-8,17H,5-6,9-10H2,1-4H3,(H,18,19). The zero-order valence-electron chi connectivity index (χ0n) is 13.6. The van der Waals surface area contributed by atoms with E-state index in [1.807, 2.05) is 19.1 Å². The van der Waals surface area contributed by atoms with Gasteiger partial charge in [0.15, 0.2) is 11.5 Å². The number of ether oxygens (including phenoxy) is 3. The predicted molar refractivity (Wildman–Crippen MR) is 83.5 cm³/mol. The molecule has 1 heterocycles. The molecule has 22 heavy (non-hydrogen) atoms. The van der Waals surface area contributed by atoms with E-state index in [0.717, 1.165) is 18.5 Å². The van der Waals surface area contributed by atoms with Gasteiger partial charge in [-0.1, -0.05) is 0 Å². The lowest BCUT2D eigenvalue weighted by molar-refractivity contribution is -0.129. The largest absolute Gasteiger partial charge is 0.493 e. The highest BCUT2D eigenvalue weighted by atomic mass is 16.5. The molecule has 0 aliphatic carbocycles. The van der Waals surface area contributed by atoms with E-state index in [4.69, 9.17) is 14.2 Å². The topological polar surface area (TPSA) is 68.8 Å². The summed E-state index contributed by atoms with van der Waals surface area (Å²) in [5.41, 5.74) is 0.568. The number of benzene rings is 1. The first-order chi connectivity index (χ1) is 10.5. The molecule has 0 aromatic heterocycles. The minimum absolute atomic E-state index is 0.0613. The van der Waals surface area contributed by atoms with Gasteiger partial charge in [-0.25, -0.2) is 0 Å². The van der Waals surface area contributed by atoms with Crippen LogP contribution < -0.4 is 24.8 Å². The van der Waals surface area contributed by atoms with E-state index in [-0.39, 0.29) is 11.3 Å². The summed E-state index contributed by atoms with van der Waals surface area (Å²) in [6, 6.07) is 3.69. The maximum Gasteiger partial charge on any atom is 0.227 e. The lowest BCUT2D eigenvalue weighted by Gasteiger charge is -2.22. The molecule has 6 heteroatoms. The first-order valence-corrected chi connectivity index (χ1v) is 7.32. The summed E-state index contributed by atoms with van der Waals surface area (Å²) in [6.07, 6.45) is 0.855. The third-order valence-corrected chi connectivity index (χ3v) is 4.09. The van der Waals surface area contributed by atoms with Crippen molar-refractivity contribution in [2.45, 2.75) is 19.9 Å². The zero-order chi connectivity index (χ0) is 16.2. The van der Waals surface area contributed by atoms with E-state index in [1.54, 1.807) is 21.3 Å². The van der Waals surface area contributed by atoms with Crippen LogP contribution in [0.4, 0.5) is 0 Å². The molecule has 1 saturated heterocycles. The van der Waals surface area contributed by atoms with Gasteiger partial charge in [0.25, 0.3) is 0 Å². The molecule has 1 unspecified atom stereocenters. The Kier molecular flexibility index (Phi) is 5.13. The van der Waals surface area contributed by atoms with Crippen LogP contribution in [-0.2, 0) is 11.3 Å². The van der Waals surface area contributed by atoms with Crippen molar-refractivity contribution in [2.24, 2.45) is 5.41 Å². The van der Waals surface area contributed by atoms with E-state index < -0.39 is 0 Å². The van der Waals surface area contributed by atoms with Crippen LogP contribution in [0.25, 0.3) is 0 Å². The van der Waals surface area contributed by atoms with Crippen LogP contribution in [0.1, 0.15) is 18.9 Å². The number of hydrogen-bond donors (Lipinski definition) is 2. The third-order valence-electron chi connectivity index (χ3n) is 4.09. The Morgan fingerprint density at radius 1 is 1.23 bits per heavy atom. The first-order valence-electron chi connectivity index (χ1n) is 7.32. The number of rotatable bonds is 6. The molecule has 1 aromatic rings. The van der Waals surface area contributed by atoms with Crippen LogP contribution in [0, 0.1) is 5.41 Å². The smallest absolute Gasteiger partial charge is 0.227 e. The molecule has 0 bridgehead atoms. The molecule has 1 aromatic carbocycles. The van der Waals surface area contributed by atoms with Gasteiger partial charge in [0.05, 0.1) is 26.7 Å². The Balaban J connectivity index is 2.11. The minimum Gasteiger partial charge on any atom is -0.493 e. The van der Waals surface area contributed by atoms with Gasteiger partial charge in [0.1, 0.15) is 0 Å². The number of methoxy groups -OCH3 is 3.